The Morgan fingerprint density at radius 1 is 1.30 bits per heavy atom. The summed E-state index contributed by atoms with van der Waals surface area (Å²) in [6, 6.07) is 6.70. The van der Waals surface area contributed by atoms with Crippen LogP contribution in [0.15, 0.2) is 18.2 Å². The zero-order valence-corrected chi connectivity index (χ0v) is 13.3. The summed E-state index contributed by atoms with van der Waals surface area (Å²) in [5.41, 5.74) is 1.43. The maximum absolute atomic E-state index is 6.14. The molecule has 1 aromatic carbocycles. The highest BCUT2D eigenvalue weighted by Gasteiger charge is 2.42. The van der Waals surface area contributed by atoms with Crippen molar-refractivity contribution in [1.29, 1.82) is 0 Å². The van der Waals surface area contributed by atoms with Gasteiger partial charge >= 0.3 is 0 Å². The van der Waals surface area contributed by atoms with Crippen molar-refractivity contribution < 1.29 is 4.74 Å². The first-order valence-corrected chi connectivity index (χ1v) is 8.14. The molecule has 20 heavy (non-hydrogen) atoms. The fourth-order valence-corrected chi connectivity index (χ4v) is 3.36. The molecule has 110 valence electrons. The van der Waals surface area contributed by atoms with E-state index in [2.05, 4.69) is 18.3 Å². The highest BCUT2D eigenvalue weighted by Crippen LogP contribution is 2.39. The third-order valence-corrected chi connectivity index (χ3v) is 5.43. The average Bonchev–Trinajstić information content (AvgIpc) is 3.18. The molecule has 0 amide bonds. The number of benzene rings is 1. The highest BCUT2D eigenvalue weighted by molar-refractivity contribution is 6.42. The first kappa shape index (κ1) is 14.6. The fourth-order valence-electron chi connectivity index (χ4n) is 3.04. The molecular weight excluding hydrogens is 293 g/mol. The van der Waals surface area contributed by atoms with Crippen LogP contribution >= 0.6 is 23.2 Å². The summed E-state index contributed by atoms with van der Waals surface area (Å²) in [4.78, 5) is 0. The van der Waals surface area contributed by atoms with Gasteiger partial charge in [0.25, 0.3) is 0 Å². The van der Waals surface area contributed by atoms with E-state index in [1.807, 2.05) is 12.1 Å². The summed E-state index contributed by atoms with van der Waals surface area (Å²) >= 11 is 12.1. The van der Waals surface area contributed by atoms with Crippen LogP contribution in [0.2, 0.25) is 10.0 Å². The molecule has 1 aliphatic heterocycles. The van der Waals surface area contributed by atoms with Crippen LogP contribution in [-0.4, -0.2) is 25.3 Å². The predicted octanol–water partition coefficient (Wildman–Crippen LogP) is 4.08. The molecule has 1 heterocycles. The van der Waals surface area contributed by atoms with E-state index >= 15 is 0 Å². The number of hydrogen-bond acceptors (Lipinski definition) is 2. The summed E-state index contributed by atoms with van der Waals surface area (Å²) in [5, 5.41) is 4.94. The van der Waals surface area contributed by atoms with Gasteiger partial charge in [-0.05, 0) is 50.3 Å². The summed E-state index contributed by atoms with van der Waals surface area (Å²) in [6.07, 6.45) is 5.01. The smallest absolute Gasteiger partial charge is 0.0619 e. The summed E-state index contributed by atoms with van der Waals surface area (Å²) in [6.45, 7) is 4.08. The molecule has 1 aromatic rings. The molecule has 0 bridgehead atoms. The van der Waals surface area contributed by atoms with Crippen LogP contribution in [-0.2, 0) is 11.2 Å². The lowest BCUT2D eigenvalue weighted by atomic mass is 9.76. The molecule has 4 heteroatoms. The van der Waals surface area contributed by atoms with E-state index in [-0.39, 0.29) is 11.5 Å². The second kappa shape index (κ2) is 5.84. The fraction of sp³-hybridized carbons (Fsp3) is 0.625. The standard InChI is InChI=1S/C16H21Cl2NO/c1-11-16(6-7-20-11,10-19-13-3-4-13)9-12-2-5-14(17)15(18)8-12/h2,5,8,11,13,19H,3-4,6-7,9-10H2,1H3. The lowest BCUT2D eigenvalue weighted by Crippen LogP contribution is -2.42. The topological polar surface area (TPSA) is 21.3 Å². The Balaban J connectivity index is 1.76. The SMILES string of the molecule is CC1OCCC1(CNC1CC1)Cc1ccc(Cl)c(Cl)c1. The monoisotopic (exact) mass is 313 g/mol. The van der Waals surface area contributed by atoms with Gasteiger partial charge in [-0.3, -0.25) is 0 Å². The van der Waals surface area contributed by atoms with Gasteiger partial charge in [0.1, 0.15) is 0 Å². The molecule has 1 N–H and O–H groups in total. The van der Waals surface area contributed by atoms with E-state index in [1.165, 1.54) is 18.4 Å². The van der Waals surface area contributed by atoms with Crippen LogP contribution in [0.3, 0.4) is 0 Å². The summed E-state index contributed by atoms with van der Waals surface area (Å²) in [5.74, 6) is 0. The van der Waals surface area contributed by atoms with Crippen molar-refractivity contribution in [2.24, 2.45) is 5.41 Å². The Kier molecular flexibility index (Phi) is 4.28. The lowest BCUT2D eigenvalue weighted by molar-refractivity contribution is 0.0628. The Morgan fingerprint density at radius 3 is 2.70 bits per heavy atom. The molecular formula is C16H21Cl2NO. The van der Waals surface area contributed by atoms with Crippen molar-refractivity contribution in [3.63, 3.8) is 0 Å². The van der Waals surface area contributed by atoms with Gasteiger partial charge in [0.15, 0.2) is 0 Å². The molecule has 1 saturated carbocycles. The minimum atomic E-state index is 0.180. The van der Waals surface area contributed by atoms with Gasteiger partial charge in [-0.1, -0.05) is 29.3 Å². The Morgan fingerprint density at radius 2 is 2.10 bits per heavy atom. The van der Waals surface area contributed by atoms with Crippen LogP contribution in [0, 0.1) is 5.41 Å². The third kappa shape index (κ3) is 3.14. The summed E-state index contributed by atoms with van der Waals surface area (Å²) in [7, 11) is 0. The van der Waals surface area contributed by atoms with Crippen molar-refractivity contribution in [2.75, 3.05) is 13.2 Å². The number of ether oxygens (including phenoxy) is 1. The van der Waals surface area contributed by atoms with E-state index in [1.54, 1.807) is 0 Å². The second-order valence-electron chi connectivity index (χ2n) is 6.21. The Labute approximate surface area is 130 Å². The molecule has 2 fully saturated rings. The van der Waals surface area contributed by atoms with Gasteiger partial charge in [-0.15, -0.1) is 0 Å². The quantitative estimate of drug-likeness (QED) is 0.884. The van der Waals surface area contributed by atoms with E-state index in [9.17, 15) is 0 Å². The third-order valence-electron chi connectivity index (χ3n) is 4.69. The minimum Gasteiger partial charge on any atom is -0.378 e. The van der Waals surface area contributed by atoms with Gasteiger partial charge in [-0.2, -0.15) is 0 Å². The number of nitrogens with one attached hydrogen (secondary N) is 1. The van der Waals surface area contributed by atoms with Gasteiger partial charge < -0.3 is 10.1 Å². The molecule has 2 aliphatic rings. The molecule has 0 spiro atoms. The van der Waals surface area contributed by atoms with Gasteiger partial charge in [0.2, 0.25) is 0 Å². The molecule has 1 aliphatic carbocycles. The van der Waals surface area contributed by atoms with Gasteiger partial charge in [0.05, 0.1) is 16.1 Å². The number of rotatable bonds is 5. The average molecular weight is 314 g/mol. The number of halogens is 2. The summed E-state index contributed by atoms with van der Waals surface area (Å²) < 4.78 is 5.85. The predicted molar refractivity (Wildman–Crippen MR) is 83.7 cm³/mol. The van der Waals surface area contributed by atoms with Crippen molar-refractivity contribution in [2.45, 2.75) is 44.8 Å². The van der Waals surface area contributed by atoms with Crippen molar-refractivity contribution in [3.8, 4) is 0 Å². The maximum atomic E-state index is 6.14. The first-order valence-electron chi connectivity index (χ1n) is 7.38. The minimum absolute atomic E-state index is 0.180. The highest BCUT2D eigenvalue weighted by atomic mass is 35.5. The zero-order valence-electron chi connectivity index (χ0n) is 11.8. The molecule has 0 aromatic heterocycles. The van der Waals surface area contributed by atoms with E-state index < -0.39 is 0 Å². The molecule has 0 radical (unpaired) electrons. The first-order chi connectivity index (χ1) is 9.59. The van der Waals surface area contributed by atoms with E-state index in [4.69, 9.17) is 27.9 Å². The Hall–Kier alpha value is -0.280. The second-order valence-corrected chi connectivity index (χ2v) is 7.02. The molecule has 1 saturated heterocycles. The molecule has 2 nitrogen and oxygen atoms in total. The van der Waals surface area contributed by atoms with Crippen LogP contribution in [0.4, 0.5) is 0 Å². The van der Waals surface area contributed by atoms with Gasteiger partial charge in [0, 0.05) is 24.6 Å². The van der Waals surface area contributed by atoms with E-state index in [0.717, 1.165) is 32.0 Å². The largest absolute Gasteiger partial charge is 0.378 e. The van der Waals surface area contributed by atoms with Gasteiger partial charge in [-0.25, -0.2) is 0 Å². The van der Waals surface area contributed by atoms with Crippen molar-refractivity contribution >= 4 is 23.2 Å². The van der Waals surface area contributed by atoms with Crippen LogP contribution < -0.4 is 5.32 Å². The number of hydrogen-bond donors (Lipinski definition) is 1. The molecule has 2 atom stereocenters. The zero-order chi connectivity index (χ0) is 14.2. The Bertz CT molecular complexity index is 489. The van der Waals surface area contributed by atoms with Crippen molar-refractivity contribution in [1.82, 2.24) is 5.32 Å². The maximum Gasteiger partial charge on any atom is 0.0619 e. The lowest BCUT2D eigenvalue weighted by Gasteiger charge is -2.33. The van der Waals surface area contributed by atoms with Crippen LogP contribution in [0.25, 0.3) is 0 Å². The van der Waals surface area contributed by atoms with E-state index in [0.29, 0.717) is 10.0 Å². The molecule has 3 rings (SSSR count). The molecule has 2 unspecified atom stereocenters. The van der Waals surface area contributed by atoms with Crippen LogP contribution in [0.1, 0.15) is 31.7 Å². The normalized spacial score (nSPS) is 29.9. The van der Waals surface area contributed by atoms with Crippen LogP contribution in [0.5, 0.6) is 0 Å². The van der Waals surface area contributed by atoms with Crippen molar-refractivity contribution in [3.05, 3.63) is 33.8 Å².